The van der Waals surface area contributed by atoms with Gasteiger partial charge in [0.15, 0.2) is 0 Å². The number of phenols is 1. The van der Waals surface area contributed by atoms with Gasteiger partial charge < -0.3 is 10.0 Å². The summed E-state index contributed by atoms with van der Waals surface area (Å²) in [6, 6.07) is 7.38. The van der Waals surface area contributed by atoms with Crippen LogP contribution in [-0.2, 0) is 6.54 Å². The van der Waals surface area contributed by atoms with Crippen molar-refractivity contribution in [2.45, 2.75) is 32.4 Å². The number of amides is 1. The van der Waals surface area contributed by atoms with Crippen LogP contribution in [0.3, 0.4) is 0 Å². The van der Waals surface area contributed by atoms with Gasteiger partial charge in [-0.2, -0.15) is 11.3 Å². The van der Waals surface area contributed by atoms with E-state index >= 15 is 0 Å². The number of benzene rings is 1. The molecule has 1 fully saturated rings. The summed E-state index contributed by atoms with van der Waals surface area (Å²) < 4.78 is 0. The molecule has 20 heavy (non-hydrogen) atoms. The van der Waals surface area contributed by atoms with Crippen molar-refractivity contribution in [1.82, 2.24) is 4.90 Å². The largest absolute Gasteiger partial charge is 0.508 e. The van der Waals surface area contributed by atoms with Crippen LogP contribution in [0.2, 0.25) is 0 Å². The van der Waals surface area contributed by atoms with Gasteiger partial charge in [0.2, 0.25) is 0 Å². The third-order valence-corrected chi connectivity index (χ3v) is 4.35. The Labute approximate surface area is 122 Å². The number of phenolic OH excluding ortho intramolecular Hbond substituents is 1. The highest BCUT2D eigenvalue weighted by atomic mass is 32.1. The Bertz CT molecular complexity index is 617. The van der Waals surface area contributed by atoms with Crippen molar-refractivity contribution >= 4 is 17.2 Å². The van der Waals surface area contributed by atoms with Crippen molar-refractivity contribution in [2.75, 3.05) is 0 Å². The van der Waals surface area contributed by atoms with Crippen LogP contribution >= 0.6 is 11.3 Å². The van der Waals surface area contributed by atoms with Crippen molar-refractivity contribution in [3.63, 3.8) is 0 Å². The predicted octanol–water partition coefficient (Wildman–Crippen LogP) is 3.57. The highest BCUT2D eigenvalue weighted by molar-refractivity contribution is 7.07. The molecule has 1 N–H and O–H groups in total. The number of carbonyl (C=O) groups excluding carboxylic acids is 1. The van der Waals surface area contributed by atoms with Gasteiger partial charge in [0, 0.05) is 18.2 Å². The van der Waals surface area contributed by atoms with Crippen molar-refractivity contribution < 1.29 is 9.90 Å². The maximum Gasteiger partial charge on any atom is 0.254 e. The standard InChI is InChI=1S/C16H17NO2S/c1-11-8-14(18)4-5-15(11)16(19)17(13-2-3-13)9-12-6-7-20-10-12/h4-8,10,13,18H,2-3,9H2,1H3. The molecule has 1 aromatic carbocycles. The monoisotopic (exact) mass is 287 g/mol. The molecule has 104 valence electrons. The molecule has 0 unspecified atom stereocenters. The zero-order valence-electron chi connectivity index (χ0n) is 11.4. The number of carbonyl (C=O) groups is 1. The lowest BCUT2D eigenvalue weighted by molar-refractivity contribution is 0.0729. The lowest BCUT2D eigenvalue weighted by Gasteiger charge is -2.23. The first-order valence-electron chi connectivity index (χ1n) is 6.77. The Hall–Kier alpha value is -1.81. The van der Waals surface area contributed by atoms with Crippen LogP contribution in [0.1, 0.15) is 34.3 Å². The third kappa shape index (κ3) is 2.70. The summed E-state index contributed by atoms with van der Waals surface area (Å²) in [6.45, 7) is 2.54. The van der Waals surface area contributed by atoms with Crippen LogP contribution in [-0.4, -0.2) is 22.0 Å². The average Bonchev–Trinajstić information content (AvgIpc) is 3.12. The fourth-order valence-corrected chi connectivity index (χ4v) is 3.03. The van der Waals surface area contributed by atoms with E-state index in [9.17, 15) is 9.90 Å². The van der Waals surface area contributed by atoms with E-state index in [-0.39, 0.29) is 11.7 Å². The minimum absolute atomic E-state index is 0.0659. The van der Waals surface area contributed by atoms with Gasteiger partial charge in [0.05, 0.1) is 0 Å². The quantitative estimate of drug-likeness (QED) is 0.934. The van der Waals surface area contributed by atoms with E-state index in [1.54, 1.807) is 29.5 Å². The molecule has 1 heterocycles. The Balaban J connectivity index is 1.85. The number of aromatic hydroxyl groups is 1. The summed E-state index contributed by atoms with van der Waals surface area (Å²) in [4.78, 5) is 14.7. The molecule has 1 saturated carbocycles. The normalized spacial score (nSPS) is 14.2. The highest BCUT2D eigenvalue weighted by Crippen LogP contribution is 2.31. The molecule has 0 spiro atoms. The summed E-state index contributed by atoms with van der Waals surface area (Å²) in [6.07, 6.45) is 2.18. The van der Waals surface area contributed by atoms with Gasteiger partial charge in [0.25, 0.3) is 5.91 Å². The molecule has 1 aliphatic rings. The molecular formula is C16H17NO2S. The Kier molecular flexibility index (Phi) is 3.49. The first-order chi connectivity index (χ1) is 9.65. The second-order valence-corrected chi connectivity index (χ2v) is 6.08. The molecule has 0 saturated heterocycles. The first-order valence-corrected chi connectivity index (χ1v) is 7.71. The van der Waals surface area contributed by atoms with Crippen molar-refractivity contribution in [3.05, 3.63) is 51.7 Å². The average molecular weight is 287 g/mol. The molecular weight excluding hydrogens is 270 g/mol. The Morgan fingerprint density at radius 1 is 1.40 bits per heavy atom. The lowest BCUT2D eigenvalue weighted by Crippen LogP contribution is -2.32. The SMILES string of the molecule is Cc1cc(O)ccc1C(=O)N(Cc1ccsc1)C1CC1. The number of aryl methyl sites for hydroxylation is 1. The van der Waals surface area contributed by atoms with E-state index in [1.807, 2.05) is 17.2 Å². The van der Waals surface area contributed by atoms with Crippen molar-refractivity contribution in [3.8, 4) is 5.75 Å². The number of hydrogen-bond donors (Lipinski definition) is 1. The van der Waals surface area contributed by atoms with Crippen LogP contribution in [0, 0.1) is 6.92 Å². The van der Waals surface area contributed by atoms with Crippen LogP contribution in [0.25, 0.3) is 0 Å². The summed E-state index contributed by atoms with van der Waals surface area (Å²) in [5.41, 5.74) is 2.70. The third-order valence-electron chi connectivity index (χ3n) is 3.62. The number of rotatable bonds is 4. The molecule has 0 bridgehead atoms. The maximum absolute atomic E-state index is 12.7. The molecule has 0 radical (unpaired) electrons. The molecule has 4 heteroatoms. The van der Waals surface area contributed by atoms with Gasteiger partial charge >= 0.3 is 0 Å². The molecule has 2 aromatic rings. The second kappa shape index (κ2) is 5.29. The highest BCUT2D eigenvalue weighted by Gasteiger charge is 2.33. The summed E-state index contributed by atoms with van der Waals surface area (Å²) in [5.74, 6) is 0.269. The smallest absolute Gasteiger partial charge is 0.254 e. The van der Waals surface area contributed by atoms with E-state index in [0.29, 0.717) is 18.2 Å². The Morgan fingerprint density at radius 2 is 2.20 bits per heavy atom. The van der Waals surface area contributed by atoms with Crippen molar-refractivity contribution in [1.29, 1.82) is 0 Å². The molecule has 0 atom stereocenters. The van der Waals surface area contributed by atoms with Crippen molar-refractivity contribution in [2.24, 2.45) is 0 Å². The van der Waals surface area contributed by atoms with Crippen LogP contribution in [0.4, 0.5) is 0 Å². The van der Waals surface area contributed by atoms with Gasteiger partial charge in [-0.05, 0) is 65.9 Å². The van der Waals surface area contributed by atoms with E-state index in [1.165, 1.54) is 5.56 Å². The number of thiophene rings is 1. The summed E-state index contributed by atoms with van der Waals surface area (Å²) in [5, 5.41) is 13.6. The van der Waals surface area contributed by atoms with Crippen LogP contribution in [0.5, 0.6) is 5.75 Å². The minimum Gasteiger partial charge on any atom is -0.508 e. The molecule has 0 aliphatic heterocycles. The topological polar surface area (TPSA) is 40.5 Å². The summed E-state index contributed by atoms with van der Waals surface area (Å²) in [7, 11) is 0. The zero-order valence-corrected chi connectivity index (χ0v) is 12.2. The molecule has 3 rings (SSSR count). The van der Waals surface area contributed by atoms with Gasteiger partial charge in [-0.25, -0.2) is 0 Å². The van der Waals surface area contributed by atoms with Crippen LogP contribution in [0.15, 0.2) is 35.0 Å². The Morgan fingerprint density at radius 3 is 2.80 bits per heavy atom. The fraction of sp³-hybridized carbons (Fsp3) is 0.312. The lowest BCUT2D eigenvalue weighted by atomic mass is 10.1. The predicted molar refractivity (Wildman–Crippen MR) is 80.1 cm³/mol. The van der Waals surface area contributed by atoms with Gasteiger partial charge in [-0.15, -0.1) is 0 Å². The van der Waals surface area contributed by atoms with E-state index < -0.39 is 0 Å². The number of hydrogen-bond acceptors (Lipinski definition) is 3. The molecule has 3 nitrogen and oxygen atoms in total. The zero-order chi connectivity index (χ0) is 14.1. The molecule has 1 aromatic heterocycles. The summed E-state index contributed by atoms with van der Waals surface area (Å²) >= 11 is 1.66. The second-order valence-electron chi connectivity index (χ2n) is 5.30. The first kappa shape index (κ1) is 13.2. The maximum atomic E-state index is 12.7. The molecule has 1 aliphatic carbocycles. The van der Waals surface area contributed by atoms with Crippen LogP contribution < -0.4 is 0 Å². The van der Waals surface area contributed by atoms with Gasteiger partial charge in [0.1, 0.15) is 5.75 Å². The van der Waals surface area contributed by atoms with Gasteiger partial charge in [-0.1, -0.05) is 0 Å². The number of nitrogens with zero attached hydrogens (tertiary/aromatic N) is 1. The van der Waals surface area contributed by atoms with E-state index in [2.05, 4.69) is 11.4 Å². The van der Waals surface area contributed by atoms with E-state index in [4.69, 9.17) is 0 Å². The fourth-order valence-electron chi connectivity index (χ4n) is 2.37. The molecule has 1 amide bonds. The minimum atomic E-state index is 0.0659. The van der Waals surface area contributed by atoms with Gasteiger partial charge in [-0.3, -0.25) is 4.79 Å². The van der Waals surface area contributed by atoms with E-state index in [0.717, 1.165) is 18.4 Å².